The lowest BCUT2D eigenvalue weighted by atomic mass is 9.94. The molecule has 0 aromatic heterocycles. The molecule has 3 rings (SSSR count). The van der Waals surface area contributed by atoms with Gasteiger partial charge < -0.3 is 10.1 Å². The molecule has 2 atom stereocenters. The number of sulfonamides is 1. The van der Waals surface area contributed by atoms with E-state index in [1.54, 1.807) is 4.31 Å². The van der Waals surface area contributed by atoms with E-state index in [0.29, 0.717) is 38.5 Å². The van der Waals surface area contributed by atoms with Crippen LogP contribution in [0.2, 0.25) is 0 Å². The number of nitrogens with zero attached hydrogens (tertiary/aromatic N) is 1. The fourth-order valence-corrected chi connectivity index (χ4v) is 5.69. The molecule has 0 amide bonds. The van der Waals surface area contributed by atoms with Gasteiger partial charge >= 0.3 is 0 Å². The first-order chi connectivity index (χ1) is 8.69. The van der Waals surface area contributed by atoms with Crippen LogP contribution in [-0.2, 0) is 14.8 Å². The maximum atomic E-state index is 12.7. The SMILES string of the molecule is O=S(=O)(C1CCOCC1)N1CCCC2CNCC21. The Bertz CT molecular complexity index is 392. The van der Waals surface area contributed by atoms with Crippen molar-refractivity contribution in [3.05, 3.63) is 0 Å². The predicted molar refractivity (Wildman–Crippen MR) is 68.8 cm³/mol. The highest BCUT2D eigenvalue weighted by molar-refractivity contribution is 7.89. The van der Waals surface area contributed by atoms with Crippen molar-refractivity contribution < 1.29 is 13.2 Å². The summed E-state index contributed by atoms with van der Waals surface area (Å²) < 4.78 is 32.5. The van der Waals surface area contributed by atoms with E-state index in [9.17, 15) is 8.42 Å². The van der Waals surface area contributed by atoms with Crippen LogP contribution in [0.25, 0.3) is 0 Å². The average Bonchev–Trinajstić information content (AvgIpc) is 2.87. The first-order valence-corrected chi connectivity index (χ1v) is 8.49. The van der Waals surface area contributed by atoms with E-state index in [2.05, 4.69) is 5.32 Å². The molecule has 0 spiro atoms. The van der Waals surface area contributed by atoms with Gasteiger partial charge in [0.05, 0.1) is 5.25 Å². The third-order valence-electron chi connectivity index (χ3n) is 4.54. The summed E-state index contributed by atoms with van der Waals surface area (Å²) in [5.74, 6) is 0.522. The first kappa shape index (κ1) is 12.8. The third kappa shape index (κ3) is 2.19. The highest BCUT2D eigenvalue weighted by atomic mass is 32.2. The number of ether oxygens (including phenoxy) is 1. The molecule has 0 aromatic rings. The summed E-state index contributed by atoms with van der Waals surface area (Å²) in [6.07, 6.45) is 3.48. The monoisotopic (exact) mass is 274 g/mol. The molecule has 3 fully saturated rings. The van der Waals surface area contributed by atoms with Gasteiger partial charge in [0.15, 0.2) is 0 Å². The minimum Gasteiger partial charge on any atom is -0.381 e. The summed E-state index contributed by atoms with van der Waals surface area (Å²) in [7, 11) is -3.13. The van der Waals surface area contributed by atoms with Crippen molar-refractivity contribution in [1.29, 1.82) is 0 Å². The summed E-state index contributed by atoms with van der Waals surface area (Å²) in [4.78, 5) is 0. The van der Waals surface area contributed by atoms with E-state index in [4.69, 9.17) is 4.74 Å². The fourth-order valence-electron chi connectivity index (χ4n) is 3.51. The number of rotatable bonds is 2. The molecule has 0 bridgehead atoms. The van der Waals surface area contributed by atoms with Gasteiger partial charge in [-0.25, -0.2) is 8.42 Å². The fraction of sp³-hybridized carbons (Fsp3) is 1.00. The van der Waals surface area contributed by atoms with E-state index in [1.165, 1.54) is 0 Å². The molecule has 3 aliphatic heterocycles. The molecular weight excluding hydrogens is 252 g/mol. The Morgan fingerprint density at radius 2 is 1.89 bits per heavy atom. The normalized spacial score (nSPS) is 35.6. The predicted octanol–water partition coefficient (Wildman–Crippen LogP) is 0.179. The van der Waals surface area contributed by atoms with Crippen molar-refractivity contribution in [1.82, 2.24) is 9.62 Å². The zero-order chi connectivity index (χ0) is 12.6. The van der Waals surface area contributed by atoms with Crippen LogP contribution in [0.4, 0.5) is 0 Å². The number of hydrogen-bond acceptors (Lipinski definition) is 4. The molecule has 0 aromatic carbocycles. The van der Waals surface area contributed by atoms with E-state index in [0.717, 1.165) is 25.9 Å². The van der Waals surface area contributed by atoms with Gasteiger partial charge in [-0.05, 0) is 38.1 Å². The Morgan fingerprint density at radius 3 is 2.67 bits per heavy atom. The van der Waals surface area contributed by atoms with Crippen LogP contribution >= 0.6 is 0 Å². The Balaban J connectivity index is 1.79. The van der Waals surface area contributed by atoms with Crippen LogP contribution in [0.1, 0.15) is 25.7 Å². The maximum Gasteiger partial charge on any atom is 0.217 e. The van der Waals surface area contributed by atoms with Crippen molar-refractivity contribution in [3.8, 4) is 0 Å². The van der Waals surface area contributed by atoms with Crippen molar-refractivity contribution in [2.75, 3.05) is 32.8 Å². The molecule has 0 saturated carbocycles. The summed E-state index contributed by atoms with van der Waals surface area (Å²) in [6.45, 7) is 3.69. The van der Waals surface area contributed by atoms with Gasteiger partial charge in [0.1, 0.15) is 0 Å². The highest BCUT2D eigenvalue weighted by Crippen LogP contribution is 2.31. The van der Waals surface area contributed by atoms with Crippen LogP contribution in [0, 0.1) is 5.92 Å². The zero-order valence-corrected chi connectivity index (χ0v) is 11.5. The number of nitrogens with one attached hydrogen (secondary N) is 1. The Kier molecular flexibility index (Phi) is 3.62. The first-order valence-electron chi connectivity index (χ1n) is 6.99. The Hall–Kier alpha value is -0.170. The highest BCUT2D eigenvalue weighted by Gasteiger charge is 2.43. The quantitative estimate of drug-likeness (QED) is 0.780. The van der Waals surface area contributed by atoms with Gasteiger partial charge in [-0.1, -0.05) is 0 Å². The van der Waals surface area contributed by atoms with E-state index in [1.807, 2.05) is 0 Å². The zero-order valence-electron chi connectivity index (χ0n) is 10.7. The molecular formula is C12H22N2O3S. The summed E-state index contributed by atoms with van der Waals surface area (Å²) >= 11 is 0. The smallest absolute Gasteiger partial charge is 0.217 e. The molecule has 0 radical (unpaired) electrons. The van der Waals surface area contributed by atoms with Gasteiger partial charge in [-0.2, -0.15) is 4.31 Å². The number of fused-ring (bicyclic) bond motifs is 1. The van der Waals surface area contributed by atoms with E-state index in [-0.39, 0.29) is 11.3 Å². The van der Waals surface area contributed by atoms with Gasteiger partial charge in [-0.15, -0.1) is 0 Å². The number of hydrogen-bond donors (Lipinski definition) is 1. The van der Waals surface area contributed by atoms with E-state index < -0.39 is 10.0 Å². The van der Waals surface area contributed by atoms with Crippen molar-refractivity contribution in [2.45, 2.75) is 37.0 Å². The lowest BCUT2D eigenvalue weighted by Gasteiger charge is -2.38. The van der Waals surface area contributed by atoms with Crippen molar-refractivity contribution in [2.24, 2.45) is 5.92 Å². The minimum absolute atomic E-state index is 0.201. The van der Waals surface area contributed by atoms with Crippen LogP contribution < -0.4 is 5.32 Å². The molecule has 0 aliphatic carbocycles. The molecule has 3 heterocycles. The minimum atomic E-state index is -3.13. The molecule has 2 unspecified atom stereocenters. The van der Waals surface area contributed by atoms with Crippen molar-refractivity contribution in [3.63, 3.8) is 0 Å². The topological polar surface area (TPSA) is 58.6 Å². The average molecular weight is 274 g/mol. The molecule has 104 valence electrons. The van der Waals surface area contributed by atoms with Gasteiger partial charge in [0.25, 0.3) is 0 Å². The summed E-state index contributed by atoms with van der Waals surface area (Å²) in [6, 6.07) is 0.201. The lowest BCUT2D eigenvalue weighted by molar-refractivity contribution is 0.0959. The third-order valence-corrected chi connectivity index (χ3v) is 6.96. The van der Waals surface area contributed by atoms with Crippen LogP contribution in [0.3, 0.4) is 0 Å². The molecule has 18 heavy (non-hydrogen) atoms. The largest absolute Gasteiger partial charge is 0.381 e. The molecule has 3 saturated heterocycles. The van der Waals surface area contributed by atoms with Crippen LogP contribution in [0.5, 0.6) is 0 Å². The molecule has 6 heteroatoms. The standard InChI is InChI=1S/C12H22N2O3S/c15-18(16,11-3-6-17-7-4-11)14-5-1-2-10-8-13-9-12(10)14/h10-13H,1-9H2. The van der Waals surface area contributed by atoms with Gasteiger partial charge in [0.2, 0.25) is 10.0 Å². The molecule has 3 aliphatic rings. The second-order valence-corrected chi connectivity index (χ2v) is 7.76. The molecule has 1 N–H and O–H groups in total. The van der Waals surface area contributed by atoms with Crippen molar-refractivity contribution >= 4 is 10.0 Å². The second kappa shape index (κ2) is 5.07. The number of piperidine rings is 1. The van der Waals surface area contributed by atoms with Gasteiger partial charge in [-0.3, -0.25) is 0 Å². The Morgan fingerprint density at radius 1 is 1.11 bits per heavy atom. The Labute approximate surface area is 109 Å². The van der Waals surface area contributed by atoms with Gasteiger partial charge in [0, 0.05) is 32.3 Å². The lowest BCUT2D eigenvalue weighted by Crippen LogP contribution is -2.52. The van der Waals surface area contributed by atoms with Crippen LogP contribution in [-0.4, -0.2) is 56.9 Å². The van der Waals surface area contributed by atoms with E-state index >= 15 is 0 Å². The second-order valence-electron chi connectivity index (χ2n) is 5.60. The summed E-state index contributed by atoms with van der Waals surface area (Å²) in [5.41, 5.74) is 0. The summed E-state index contributed by atoms with van der Waals surface area (Å²) in [5, 5.41) is 3.12. The van der Waals surface area contributed by atoms with Crippen LogP contribution in [0.15, 0.2) is 0 Å². The molecule has 5 nitrogen and oxygen atoms in total. The maximum absolute atomic E-state index is 12.7.